The van der Waals surface area contributed by atoms with Crippen LogP contribution in [-0.4, -0.2) is 53.0 Å². The molecular formula is C16H17N3O2S. The molecule has 22 heavy (non-hydrogen) atoms. The van der Waals surface area contributed by atoms with Crippen LogP contribution in [-0.2, 0) is 9.59 Å². The van der Waals surface area contributed by atoms with Crippen molar-refractivity contribution in [2.75, 3.05) is 26.2 Å². The monoisotopic (exact) mass is 315 g/mol. The van der Waals surface area contributed by atoms with Crippen LogP contribution in [0.3, 0.4) is 0 Å². The minimum atomic E-state index is -0.183. The fourth-order valence-corrected chi connectivity index (χ4v) is 3.41. The molecular weight excluding hydrogens is 298 g/mol. The summed E-state index contributed by atoms with van der Waals surface area (Å²) < 4.78 is 0. The van der Waals surface area contributed by atoms with E-state index in [4.69, 9.17) is 0 Å². The highest BCUT2D eigenvalue weighted by atomic mass is 32.2. The maximum Gasteiger partial charge on any atom is 0.286 e. The quantitative estimate of drug-likeness (QED) is 0.742. The molecule has 1 saturated heterocycles. The van der Waals surface area contributed by atoms with E-state index >= 15 is 0 Å². The van der Waals surface area contributed by atoms with Gasteiger partial charge >= 0.3 is 0 Å². The minimum absolute atomic E-state index is 0.0985. The SMILES string of the molecule is CC(=O)N1CCN(C2=NC(=O)/C(=C\c3ccccc3)S2)CC1. The number of thioether (sulfide) groups is 1. The number of rotatable bonds is 1. The van der Waals surface area contributed by atoms with E-state index in [9.17, 15) is 9.59 Å². The minimum Gasteiger partial charge on any atom is -0.347 e. The number of aliphatic imine (C=N–C) groups is 1. The highest BCUT2D eigenvalue weighted by molar-refractivity contribution is 8.18. The zero-order valence-corrected chi connectivity index (χ0v) is 13.2. The number of carbonyl (C=O) groups is 2. The fourth-order valence-electron chi connectivity index (χ4n) is 2.45. The molecule has 2 heterocycles. The predicted octanol–water partition coefficient (Wildman–Crippen LogP) is 1.82. The largest absolute Gasteiger partial charge is 0.347 e. The Morgan fingerprint density at radius 1 is 1.18 bits per heavy atom. The van der Waals surface area contributed by atoms with Gasteiger partial charge in [0.15, 0.2) is 5.17 Å². The second-order valence-electron chi connectivity index (χ2n) is 5.21. The molecule has 0 unspecified atom stereocenters. The molecule has 114 valence electrons. The lowest BCUT2D eigenvalue weighted by molar-refractivity contribution is -0.130. The highest BCUT2D eigenvalue weighted by Crippen LogP contribution is 2.30. The standard InChI is InChI=1S/C16H17N3O2S/c1-12(20)18-7-9-19(10-8-18)16-17-15(21)14(22-16)11-13-5-3-2-4-6-13/h2-6,11H,7-10H2,1H3/b14-11+. The van der Waals surface area contributed by atoms with Crippen molar-refractivity contribution in [3.63, 3.8) is 0 Å². The van der Waals surface area contributed by atoms with Crippen LogP contribution in [0.15, 0.2) is 40.2 Å². The number of carbonyl (C=O) groups excluding carboxylic acids is 2. The van der Waals surface area contributed by atoms with Crippen molar-refractivity contribution in [3.05, 3.63) is 40.8 Å². The first-order chi connectivity index (χ1) is 10.6. The Morgan fingerprint density at radius 3 is 2.50 bits per heavy atom. The van der Waals surface area contributed by atoms with Gasteiger partial charge in [0.05, 0.1) is 4.91 Å². The molecule has 3 rings (SSSR count). The van der Waals surface area contributed by atoms with Crippen LogP contribution in [0.4, 0.5) is 0 Å². The molecule has 0 N–H and O–H groups in total. The van der Waals surface area contributed by atoms with E-state index in [1.54, 1.807) is 6.92 Å². The zero-order valence-electron chi connectivity index (χ0n) is 12.4. The Balaban J connectivity index is 1.66. The second kappa shape index (κ2) is 6.36. The van der Waals surface area contributed by atoms with E-state index < -0.39 is 0 Å². The van der Waals surface area contributed by atoms with E-state index in [2.05, 4.69) is 9.89 Å². The van der Waals surface area contributed by atoms with E-state index in [1.165, 1.54) is 11.8 Å². The van der Waals surface area contributed by atoms with Crippen molar-refractivity contribution >= 4 is 34.8 Å². The lowest BCUT2D eigenvalue weighted by Crippen LogP contribution is -2.49. The van der Waals surface area contributed by atoms with Gasteiger partial charge in [-0.1, -0.05) is 30.3 Å². The summed E-state index contributed by atoms with van der Waals surface area (Å²) in [5.41, 5.74) is 0.996. The van der Waals surface area contributed by atoms with Gasteiger partial charge in [-0.2, -0.15) is 4.99 Å². The Morgan fingerprint density at radius 2 is 1.86 bits per heavy atom. The summed E-state index contributed by atoms with van der Waals surface area (Å²) in [5, 5.41) is 0.746. The lowest BCUT2D eigenvalue weighted by Gasteiger charge is -2.34. The van der Waals surface area contributed by atoms with Gasteiger partial charge in [0.1, 0.15) is 0 Å². The Labute approximate surface area is 133 Å². The molecule has 2 aliphatic rings. The summed E-state index contributed by atoms with van der Waals surface area (Å²) in [6, 6.07) is 9.76. The number of benzene rings is 1. The molecule has 0 bridgehead atoms. The normalized spacial score (nSPS) is 20.5. The second-order valence-corrected chi connectivity index (χ2v) is 6.22. The van der Waals surface area contributed by atoms with Crippen LogP contribution in [0.1, 0.15) is 12.5 Å². The van der Waals surface area contributed by atoms with Gasteiger partial charge in [-0.3, -0.25) is 9.59 Å². The van der Waals surface area contributed by atoms with Crippen molar-refractivity contribution in [2.24, 2.45) is 4.99 Å². The molecule has 5 nitrogen and oxygen atoms in total. The number of hydrogen-bond donors (Lipinski definition) is 0. The molecule has 1 fully saturated rings. The van der Waals surface area contributed by atoms with Crippen molar-refractivity contribution in [1.82, 2.24) is 9.80 Å². The maximum absolute atomic E-state index is 12.0. The topological polar surface area (TPSA) is 53.0 Å². The van der Waals surface area contributed by atoms with Gasteiger partial charge in [-0.05, 0) is 23.4 Å². The number of nitrogens with zero attached hydrogens (tertiary/aromatic N) is 3. The average Bonchev–Trinajstić information content (AvgIpc) is 2.89. The molecule has 0 spiro atoms. The molecule has 1 aromatic carbocycles. The summed E-state index contributed by atoms with van der Waals surface area (Å²) in [6.07, 6.45) is 1.87. The van der Waals surface area contributed by atoms with Crippen LogP contribution < -0.4 is 0 Å². The molecule has 0 atom stereocenters. The number of amides is 2. The van der Waals surface area contributed by atoms with Crippen LogP contribution >= 0.6 is 11.8 Å². The maximum atomic E-state index is 12.0. The Kier molecular flexibility index (Phi) is 4.29. The van der Waals surface area contributed by atoms with E-state index in [1.807, 2.05) is 41.3 Å². The summed E-state index contributed by atoms with van der Waals surface area (Å²) in [5.74, 6) is -0.0840. The number of hydrogen-bond acceptors (Lipinski definition) is 4. The third-order valence-electron chi connectivity index (χ3n) is 3.70. The average molecular weight is 315 g/mol. The fraction of sp³-hybridized carbons (Fsp3) is 0.312. The van der Waals surface area contributed by atoms with Crippen molar-refractivity contribution < 1.29 is 9.59 Å². The molecule has 0 saturated carbocycles. The first-order valence-electron chi connectivity index (χ1n) is 7.21. The van der Waals surface area contributed by atoms with Crippen LogP contribution in [0.2, 0.25) is 0 Å². The zero-order chi connectivity index (χ0) is 15.5. The van der Waals surface area contributed by atoms with Crippen LogP contribution in [0.25, 0.3) is 6.08 Å². The molecule has 1 aromatic rings. The van der Waals surface area contributed by atoms with Gasteiger partial charge < -0.3 is 9.80 Å². The van der Waals surface area contributed by atoms with Crippen molar-refractivity contribution in [3.8, 4) is 0 Å². The molecule has 2 amide bonds. The predicted molar refractivity (Wildman–Crippen MR) is 88.3 cm³/mol. The number of amidine groups is 1. The van der Waals surface area contributed by atoms with Gasteiger partial charge in [-0.25, -0.2) is 0 Å². The lowest BCUT2D eigenvalue weighted by atomic mass is 10.2. The summed E-state index contributed by atoms with van der Waals surface area (Å²) >= 11 is 1.41. The molecule has 0 aliphatic carbocycles. The van der Waals surface area contributed by atoms with Crippen molar-refractivity contribution in [1.29, 1.82) is 0 Å². The van der Waals surface area contributed by atoms with Gasteiger partial charge in [0.25, 0.3) is 5.91 Å². The third kappa shape index (κ3) is 3.22. The van der Waals surface area contributed by atoms with E-state index in [0.717, 1.165) is 23.8 Å². The van der Waals surface area contributed by atoms with E-state index in [-0.39, 0.29) is 11.8 Å². The van der Waals surface area contributed by atoms with Gasteiger partial charge in [0.2, 0.25) is 5.91 Å². The van der Waals surface area contributed by atoms with E-state index in [0.29, 0.717) is 18.0 Å². The summed E-state index contributed by atoms with van der Waals surface area (Å²) in [7, 11) is 0. The molecule has 6 heteroatoms. The first kappa shape index (κ1) is 14.8. The molecule has 2 aliphatic heterocycles. The van der Waals surface area contributed by atoms with Crippen molar-refractivity contribution in [2.45, 2.75) is 6.92 Å². The van der Waals surface area contributed by atoms with Gasteiger partial charge in [0, 0.05) is 33.1 Å². The Hall–Kier alpha value is -2.08. The first-order valence-corrected chi connectivity index (χ1v) is 8.03. The third-order valence-corrected chi connectivity index (χ3v) is 4.75. The summed E-state index contributed by atoms with van der Waals surface area (Å²) in [6.45, 7) is 4.39. The smallest absolute Gasteiger partial charge is 0.286 e. The Bertz CT molecular complexity index is 647. The summed E-state index contributed by atoms with van der Waals surface area (Å²) in [4.78, 5) is 32.1. The number of piperazine rings is 1. The van der Waals surface area contributed by atoms with Gasteiger partial charge in [-0.15, -0.1) is 0 Å². The highest BCUT2D eigenvalue weighted by Gasteiger charge is 2.28. The molecule has 0 aromatic heterocycles. The molecule has 0 radical (unpaired) electrons. The van der Waals surface area contributed by atoms with Crippen LogP contribution in [0.5, 0.6) is 0 Å². The van der Waals surface area contributed by atoms with Crippen LogP contribution in [0, 0.1) is 0 Å².